The number of hydrogen-bond donors (Lipinski definition) is 1. The molecule has 0 atom stereocenters. The van der Waals surface area contributed by atoms with E-state index in [1.807, 2.05) is 41.5 Å². The Labute approximate surface area is 144 Å². The van der Waals surface area contributed by atoms with Gasteiger partial charge in [0.05, 0.1) is 12.1 Å². The minimum Gasteiger partial charge on any atom is -0.444 e. The Bertz CT molecular complexity index is 483. The van der Waals surface area contributed by atoms with Gasteiger partial charge >= 0.3 is 6.09 Å². The molecule has 7 nitrogen and oxygen atoms in total. The highest BCUT2D eigenvalue weighted by Gasteiger charge is 2.39. The zero-order valence-electron chi connectivity index (χ0n) is 15.8. The SMILES string of the molecule is CCCC(=O)NCC(=O)N1CCN(C(=O)OC(C)(C)C)CC1(C)C. The van der Waals surface area contributed by atoms with Gasteiger partial charge in [0.1, 0.15) is 5.60 Å². The van der Waals surface area contributed by atoms with Crippen molar-refractivity contribution in [1.82, 2.24) is 15.1 Å². The van der Waals surface area contributed by atoms with E-state index in [0.29, 0.717) is 26.1 Å². The van der Waals surface area contributed by atoms with Crippen LogP contribution in [0.25, 0.3) is 0 Å². The van der Waals surface area contributed by atoms with Crippen LogP contribution in [0.4, 0.5) is 4.79 Å². The molecule has 7 heteroatoms. The molecule has 1 aliphatic rings. The van der Waals surface area contributed by atoms with E-state index in [1.165, 1.54) is 0 Å². The molecule has 1 fully saturated rings. The molecule has 0 bridgehead atoms. The standard InChI is InChI=1S/C17H31N3O4/c1-7-8-13(21)18-11-14(22)20-10-9-19(12-17(20,5)6)15(23)24-16(2,3)4/h7-12H2,1-6H3,(H,18,21). The molecule has 1 rings (SSSR count). The van der Waals surface area contributed by atoms with Gasteiger partial charge in [-0.1, -0.05) is 6.92 Å². The summed E-state index contributed by atoms with van der Waals surface area (Å²) in [4.78, 5) is 39.5. The molecular weight excluding hydrogens is 310 g/mol. The van der Waals surface area contributed by atoms with E-state index in [-0.39, 0.29) is 24.5 Å². The summed E-state index contributed by atoms with van der Waals surface area (Å²) in [5, 5.41) is 2.65. The molecule has 3 amide bonds. The molecule has 1 N–H and O–H groups in total. The minimum atomic E-state index is -0.544. The van der Waals surface area contributed by atoms with Crippen LogP contribution in [0.2, 0.25) is 0 Å². The maximum atomic E-state index is 12.4. The van der Waals surface area contributed by atoms with Crippen LogP contribution < -0.4 is 5.32 Å². The molecule has 0 aromatic heterocycles. The van der Waals surface area contributed by atoms with Gasteiger partial charge in [-0.05, 0) is 41.0 Å². The summed E-state index contributed by atoms with van der Waals surface area (Å²) in [7, 11) is 0. The summed E-state index contributed by atoms with van der Waals surface area (Å²) in [5.74, 6) is -0.246. The smallest absolute Gasteiger partial charge is 0.410 e. The number of nitrogens with one attached hydrogen (secondary N) is 1. The van der Waals surface area contributed by atoms with Gasteiger partial charge in [0.25, 0.3) is 0 Å². The van der Waals surface area contributed by atoms with Gasteiger partial charge in [-0.2, -0.15) is 0 Å². The maximum absolute atomic E-state index is 12.4. The monoisotopic (exact) mass is 341 g/mol. The van der Waals surface area contributed by atoms with Gasteiger partial charge in [-0.25, -0.2) is 4.79 Å². The number of ether oxygens (including phenoxy) is 1. The largest absolute Gasteiger partial charge is 0.444 e. The average Bonchev–Trinajstić information content (AvgIpc) is 2.42. The molecule has 0 radical (unpaired) electrons. The zero-order chi connectivity index (χ0) is 18.5. The van der Waals surface area contributed by atoms with E-state index in [9.17, 15) is 14.4 Å². The summed E-state index contributed by atoms with van der Waals surface area (Å²) < 4.78 is 5.40. The second kappa shape index (κ2) is 7.85. The summed E-state index contributed by atoms with van der Waals surface area (Å²) in [6, 6.07) is 0. The van der Waals surface area contributed by atoms with Crippen molar-refractivity contribution in [2.75, 3.05) is 26.2 Å². The van der Waals surface area contributed by atoms with Gasteiger partial charge in [0.15, 0.2) is 0 Å². The Morgan fingerprint density at radius 2 is 1.79 bits per heavy atom. The van der Waals surface area contributed by atoms with Crippen LogP contribution in [0.3, 0.4) is 0 Å². The Morgan fingerprint density at radius 3 is 2.29 bits per heavy atom. The Morgan fingerprint density at radius 1 is 1.17 bits per heavy atom. The lowest BCUT2D eigenvalue weighted by Crippen LogP contribution is -2.63. The summed E-state index contributed by atoms with van der Waals surface area (Å²) >= 11 is 0. The normalized spacial score (nSPS) is 17.4. The molecule has 138 valence electrons. The number of hydrogen-bond acceptors (Lipinski definition) is 4. The van der Waals surface area contributed by atoms with Gasteiger partial charge in [0, 0.05) is 26.1 Å². The lowest BCUT2D eigenvalue weighted by Gasteiger charge is -2.47. The van der Waals surface area contributed by atoms with E-state index < -0.39 is 11.1 Å². The first-order valence-corrected chi connectivity index (χ1v) is 8.51. The minimum absolute atomic E-state index is 0.00526. The summed E-state index contributed by atoms with van der Waals surface area (Å²) in [5.41, 5.74) is -1.06. The number of carbonyl (C=O) groups is 3. The molecule has 0 aromatic rings. The molecule has 0 spiro atoms. The first kappa shape index (κ1) is 20.3. The summed E-state index contributed by atoms with van der Waals surface area (Å²) in [6.07, 6.45) is 0.808. The van der Waals surface area contributed by atoms with Crippen molar-refractivity contribution in [3.8, 4) is 0 Å². The second-order valence-corrected chi connectivity index (χ2v) is 7.79. The van der Waals surface area contributed by atoms with E-state index >= 15 is 0 Å². The van der Waals surface area contributed by atoms with Crippen LogP contribution in [0, 0.1) is 0 Å². The lowest BCUT2D eigenvalue weighted by atomic mass is 9.99. The Hall–Kier alpha value is -1.79. The van der Waals surface area contributed by atoms with Crippen molar-refractivity contribution >= 4 is 17.9 Å². The van der Waals surface area contributed by atoms with E-state index in [0.717, 1.165) is 6.42 Å². The Kier molecular flexibility index (Phi) is 6.63. The van der Waals surface area contributed by atoms with Crippen LogP contribution in [-0.4, -0.2) is 65.0 Å². The highest BCUT2D eigenvalue weighted by molar-refractivity contribution is 5.85. The van der Waals surface area contributed by atoms with Crippen molar-refractivity contribution in [3.05, 3.63) is 0 Å². The van der Waals surface area contributed by atoms with Crippen molar-refractivity contribution in [3.63, 3.8) is 0 Å². The molecule has 24 heavy (non-hydrogen) atoms. The highest BCUT2D eigenvalue weighted by Crippen LogP contribution is 2.22. The maximum Gasteiger partial charge on any atom is 0.410 e. The van der Waals surface area contributed by atoms with E-state index in [1.54, 1.807) is 9.80 Å². The predicted molar refractivity (Wildman–Crippen MR) is 91.5 cm³/mol. The number of amides is 3. The molecule has 0 aromatic carbocycles. The molecule has 0 aliphatic carbocycles. The van der Waals surface area contributed by atoms with Gasteiger partial charge in [-0.15, -0.1) is 0 Å². The fourth-order valence-electron chi connectivity index (χ4n) is 2.68. The van der Waals surface area contributed by atoms with Crippen molar-refractivity contribution in [1.29, 1.82) is 0 Å². The number of piperazine rings is 1. The lowest BCUT2D eigenvalue weighted by molar-refractivity contribution is -0.140. The number of nitrogens with zero attached hydrogens (tertiary/aromatic N) is 2. The number of carbonyl (C=O) groups excluding carboxylic acids is 3. The second-order valence-electron chi connectivity index (χ2n) is 7.79. The quantitative estimate of drug-likeness (QED) is 0.845. The molecule has 1 heterocycles. The average molecular weight is 341 g/mol. The van der Waals surface area contributed by atoms with Crippen molar-refractivity contribution < 1.29 is 19.1 Å². The van der Waals surface area contributed by atoms with E-state index in [4.69, 9.17) is 4.74 Å². The first-order chi connectivity index (χ1) is 11.0. The molecular formula is C17H31N3O4. The van der Waals surface area contributed by atoms with Crippen LogP contribution in [-0.2, 0) is 14.3 Å². The van der Waals surface area contributed by atoms with E-state index in [2.05, 4.69) is 5.32 Å². The molecule has 1 saturated heterocycles. The first-order valence-electron chi connectivity index (χ1n) is 8.51. The predicted octanol–water partition coefficient (Wildman–Crippen LogP) is 1.76. The van der Waals surface area contributed by atoms with Crippen LogP contribution in [0.1, 0.15) is 54.4 Å². The third-order valence-corrected chi connectivity index (χ3v) is 3.77. The van der Waals surface area contributed by atoms with Gasteiger partial charge in [-0.3, -0.25) is 9.59 Å². The van der Waals surface area contributed by atoms with Crippen molar-refractivity contribution in [2.45, 2.75) is 65.5 Å². The third-order valence-electron chi connectivity index (χ3n) is 3.77. The fraction of sp³-hybridized carbons (Fsp3) is 0.824. The van der Waals surface area contributed by atoms with Crippen LogP contribution in [0.15, 0.2) is 0 Å². The highest BCUT2D eigenvalue weighted by atomic mass is 16.6. The molecule has 0 saturated carbocycles. The zero-order valence-corrected chi connectivity index (χ0v) is 15.8. The van der Waals surface area contributed by atoms with Crippen LogP contribution >= 0.6 is 0 Å². The van der Waals surface area contributed by atoms with Gasteiger partial charge < -0.3 is 19.9 Å². The third kappa shape index (κ3) is 6.02. The topological polar surface area (TPSA) is 79.0 Å². The summed E-state index contributed by atoms with van der Waals surface area (Å²) in [6.45, 7) is 12.5. The van der Waals surface area contributed by atoms with Crippen LogP contribution in [0.5, 0.6) is 0 Å². The van der Waals surface area contributed by atoms with Gasteiger partial charge in [0.2, 0.25) is 11.8 Å². The fourth-order valence-corrected chi connectivity index (χ4v) is 2.68. The van der Waals surface area contributed by atoms with Crippen molar-refractivity contribution in [2.24, 2.45) is 0 Å². The number of rotatable bonds is 4. The Balaban J connectivity index is 2.61. The molecule has 0 unspecified atom stereocenters. The molecule has 1 aliphatic heterocycles.